The molecule has 0 saturated heterocycles. The van der Waals surface area contributed by atoms with Crippen LogP contribution in [0.5, 0.6) is 0 Å². The van der Waals surface area contributed by atoms with E-state index >= 15 is 0 Å². The van der Waals surface area contributed by atoms with Gasteiger partial charge < -0.3 is 4.98 Å². The molecule has 0 bridgehead atoms. The maximum atomic E-state index is 12.5. The zero-order chi connectivity index (χ0) is 13.5. The summed E-state index contributed by atoms with van der Waals surface area (Å²) < 4.78 is 0. The van der Waals surface area contributed by atoms with Crippen LogP contribution in [0.1, 0.15) is 37.6 Å². The third-order valence-electron chi connectivity index (χ3n) is 3.44. The van der Waals surface area contributed by atoms with Gasteiger partial charge in [-0.05, 0) is 18.6 Å². The number of fused-ring (bicyclic) bond motifs is 1. The van der Waals surface area contributed by atoms with Gasteiger partial charge in [0.25, 0.3) is 0 Å². The zero-order valence-corrected chi connectivity index (χ0v) is 12.1. The van der Waals surface area contributed by atoms with Gasteiger partial charge in [-0.2, -0.15) is 0 Å². The Kier molecular flexibility index (Phi) is 3.43. The standard InChI is InChI=1S/C14H15Cl2NO/c1-4-14(2,3)13(18)9-7-17-11-6-8(15)5-10(16)12(9)11/h5-7,17H,4H2,1-3H3. The van der Waals surface area contributed by atoms with Gasteiger partial charge in [0.2, 0.25) is 0 Å². The molecule has 0 amide bonds. The SMILES string of the molecule is CCC(C)(C)C(=O)c1c[nH]c2cc(Cl)cc(Cl)c12. The van der Waals surface area contributed by atoms with E-state index in [0.717, 1.165) is 17.3 Å². The number of H-pyrrole nitrogens is 1. The minimum atomic E-state index is -0.391. The average molecular weight is 284 g/mol. The lowest BCUT2D eigenvalue weighted by Gasteiger charge is -2.20. The summed E-state index contributed by atoms with van der Waals surface area (Å²) in [6.45, 7) is 5.89. The van der Waals surface area contributed by atoms with E-state index in [4.69, 9.17) is 23.2 Å². The van der Waals surface area contributed by atoms with E-state index in [1.807, 2.05) is 20.8 Å². The number of halogens is 2. The van der Waals surface area contributed by atoms with Crippen molar-refractivity contribution in [3.63, 3.8) is 0 Å². The number of benzene rings is 1. The van der Waals surface area contributed by atoms with Gasteiger partial charge >= 0.3 is 0 Å². The molecule has 4 heteroatoms. The van der Waals surface area contributed by atoms with Crippen molar-refractivity contribution in [2.45, 2.75) is 27.2 Å². The Morgan fingerprint density at radius 1 is 1.33 bits per heavy atom. The van der Waals surface area contributed by atoms with Gasteiger partial charge in [-0.15, -0.1) is 0 Å². The molecular weight excluding hydrogens is 269 g/mol. The maximum Gasteiger partial charge on any atom is 0.170 e. The third kappa shape index (κ3) is 2.15. The van der Waals surface area contributed by atoms with E-state index in [1.165, 1.54) is 0 Å². The first-order chi connectivity index (χ1) is 8.36. The molecule has 0 atom stereocenters. The molecule has 2 nitrogen and oxygen atoms in total. The first kappa shape index (κ1) is 13.4. The Hall–Kier alpha value is -0.990. The molecule has 2 aromatic rings. The minimum absolute atomic E-state index is 0.0977. The van der Waals surface area contributed by atoms with Crippen LogP contribution < -0.4 is 0 Å². The molecule has 18 heavy (non-hydrogen) atoms. The van der Waals surface area contributed by atoms with Gasteiger partial charge in [0.15, 0.2) is 5.78 Å². The van der Waals surface area contributed by atoms with Gasteiger partial charge in [-0.3, -0.25) is 4.79 Å². The number of hydrogen-bond acceptors (Lipinski definition) is 1. The van der Waals surface area contributed by atoms with E-state index in [9.17, 15) is 4.79 Å². The molecule has 0 aliphatic heterocycles. The Balaban J connectivity index is 2.64. The molecule has 0 aliphatic rings. The van der Waals surface area contributed by atoms with Crippen molar-refractivity contribution in [1.82, 2.24) is 4.98 Å². The molecule has 0 radical (unpaired) electrons. The number of hydrogen-bond donors (Lipinski definition) is 1. The number of nitrogens with one attached hydrogen (secondary N) is 1. The molecule has 2 rings (SSSR count). The van der Waals surface area contributed by atoms with Gasteiger partial charge in [0.05, 0.1) is 5.02 Å². The quantitative estimate of drug-likeness (QED) is 0.782. The second kappa shape index (κ2) is 4.60. The van der Waals surface area contributed by atoms with Crippen LogP contribution in [-0.4, -0.2) is 10.8 Å². The fourth-order valence-corrected chi connectivity index (χ4v) is 2.48. The van der Waals surface area contributed by atoms with Crippen LogP contribution in [0, 0.1) is 5.41 Å². The van der Waals surface area contributed by atoms with E-state index in [1.54, 1.807) is 18.3 Å². The van der Waals surface area contributed by atoms with Crippen molar-refractivity contribution in [3.05, 3.63) is 33.9 Å². The Bertz CT molecular complexity index is 614. The monoisotopic (exact) mass is 283 g/mol. The molecule has 0 unspecified atom stereocenters. The largest absolute Gasteiger partial charge is 0.360 e. The summed E-state index contributed by atoms with van der Waals surface area (Å²) in [5, 5.41) is 1.82. The summed E-state index contributed by atoms with van der Waals surface area (Å²) in [4.78, 5) is 15.6. The van der Waals surface area contributed by atoms with Crippen LogP contribution in [0.2, 0.25) is 10.0 Å². The van der Waals surface area contributed by atoms with Crippen molar-refractivity contribution >= 4 is 39.9 Å². The molecule has 0 fully saturated rings. The predicted molar refractivity (Wildman–Crippen MR) is 76.7 cm³/mol. The number of aromatic nitrogens is 1. The topological polar surface area (TPSA) is 32.9 Å². The molecule has 1 aromatic carbocycles. The highest BCUT2D eigenvalue weighted by Crippen LogP contribution is 2.34. The second-order valence-electron chi connectivity index (χ2n) is 5.08. The predicted octanol–water partition coefficient (Wildman–Crippen LogP) is 5.09. The van der Waals surface area contributed by atoms with Gasteiger partial charge in [-0.1, -0.05) is 44.0 Å². The molecule has 1 N–H and O–H groups in total. The van der Waals surface area contributed by atoms with E-state index in [2.05, 4.69) is 4.98 Å². The van der Waals surface area contributed by atoms with Crippen LogP contribution in [-0.2, 0) is 0 Å². The van der Waals surface area contributed by atoms with Crippen LogP contribution in [0.25, 0.3) is 10.9 Å². The summed E-state index contributed by atoms with van der Waals surface area (Å²) in [6.07, 6.45) is 2.50. The molecule has 1 aromatic heterocycles. The third-order valence-corrected chi connectivity index (χ3v) is 3.96. The lowest BCUT2D eigenvalue weighted by Crippen LogP contribution is -2.23. The lowest BCUT2D eigenvalue weighted by atomic mass is 9.82. The smallest absolute Gasteiger partial charge is 0.170 e. The number of carbonyl (C=O) groups is 1. The molecule has 0 aliphatic carbocycles. The van der Waals surface area contributed by atoms with Gasteiger partial charge in [0, 0.05) is 33.1 Å². The summed E-state index contributed by atoms with van der Waals surface area (Å²) in [5.41, 5.74) is 1.04. The summed E-state index contributed by atoms with van der Waals surface area (Å²) in [6, 6.07) is 3.44. The second-order valence-corrected chi connectivity index (χ2v) is 5.92. The normalized spacial score (nSPS) is 12.1. The average Bonchev–Trinajstić information content (AvgIpc) is 2.71. The highest BCUT2D eigenvalue weighted by atomic mass is 35.5. The summed E-state index contributed by atoms with van der Waals surface area (Å²) >= 11 is 12.1. The Morgan fingerprint density at radius 3 is 2.61 bits per heavy atom. The number of Topliss-reactive ketones (excluding diaryl/α,β-unsaturated/α-hetero) is 1. The van der Waals surface area contributed by atoms with Crippen LogP contribution in [0.15, 0.2) is 18.3 Å². The van der Waals surface area contributed by atoms with Crippen molar-refractivity contribution in [1.29, 1.82) is 0 Å². The number of ketones is 1. The van der Waals surface area contributed by atoms with Crippen molar-refractivity contribution < 1.29 is 4.79 Å². The number of rotatable bonds is 3. The Morgan fingerprint density at radius 2 is 2.00 bits per heavy atom. The van der Waals surface area contributed by atoms with Crippen molar-refractivity contribution in [2.24, 2.45) is 5.41 Å². The van der Waals surface area contributed by atoms with E-state index in [0.29, 0.717) is 15.6 Å². The lowest BCUT2D eigenvalue weighted by molar-refractivity contribution is 0.0835. The summed E-state index contributed by atoms with van der Waals surface area (Å²) in [5.74, 6) is 0.0977. The first-order valence-corrected chi connectivity index (χ1v) is 6.63. The highest BCUT2D eigenvalue weighted by Gasteiger charge is 2.29. The molecule has 0 saturated carbocycles. The molecule has 1 heterocycles. The van der Waals surface area contributed by atoms with E-state index < -0.39 is 5.41 Å². The van der Waals surface area contributed by atoms with Crippen LogP contribution in [0.4, 0.5) is 0 Å². The maximum absolute atomic E-state index is 12.5. The molecule has 96 valence electrons. The van der Waals surface area contributed by atoms with Crippen LogP contribution >= 0.6 is 23.2 Å². The van der Waals surface area contributed by atoms with E-state index in [-0.39, 0.29) is 5.78 Å². The summed E-state index contributed by atoms with van der Waals surface area (Å²) in [7, 11) is 0. The zero-order valence-electron chi connectivity index (χ0n) is 10.6. The first-order valence-electron chi connectivity index (χ1n) is 5.87. The highest BCUT2D eigenvalue weighted by molar-refractivity contribution is 6.39. The minimum Gasteiger partial charge on any atom is -0.360 e. The fraction of sp³-hybridized carbons (Fsp3) is 0.357. The van der Waals surface area contributed by atoms with Gasteiger partial charge in [0.1, 0.15) is 0 Å². The van der Waals surface area contributed by atoms with Crippen molar-refractivity contribution in [3.8, 4) is 0 Å². The number of aromatic amines is 1. The van der Waals surface area contributed by atoms with Crippen molar-refractivity contribution in [2.75, 3.05) is 0 Å². The fourth-order valence-electron chi connectivity index (χ4n) is 1.89. The molecule has 0 spiro atoms. The Labute approximate surface area is 116 Å². The number of carbonyl (C=O) groups excluding carboxylic acids is 1. The van der Waals surface area contributed by atoms with Gasteiger partial charge in [-0.25, -0.2) is 0 Å². The van der Waals surface area contributed by atoms with Crippen LogP contribution in [0.3, 0.4) is 0 Å². The molecular formula is C14H15Cl2NO.